The molecule has 0 radical (unpaired) electrons. The number of carboxylic acids is 1. The molecule has 1 aliphatic rings. The van der Waals surface area contributed by atoms with E-state index in [0.717, 1.165) is 11.1 Å². The predicted molar refractivity (Wildman–Crippen MR) is 74.7 cm³/mol. The Morgan fingerprint density at radius 2 is 2.10 bits per heavy atom. The predicted octanol–water partition coefficient (Wildman–Crippen LogP) is 0.986. The van der Waals surface area contributed by atoms with Gasteiger partial charge in [-0.25, -0.2) is 4.79 Å². The number of rotatable bonds is 4. The number of carbonyl (C=O) groups is 1. The van der Waals surface area contributed by atoms with Gasteiger partial charge in [0, 0.05) is 19.1 Å². The summed E-state index contributed by atoms with van der Waals surface area (Å²) in [6.45, 7) is 4.02. The smallest absolute Gasteiger partial charge is 0.335 e. The molecular weight excluding hydrogens is 280 g/mol. The SMILES string of the molecule is CC(C)NS(=O)(=O)N1CCc2c(cccc2C(=O)O)C1. The molecule has 0 aromatic heterocycles. The number of aromatic carboxylic acids is 1. The van der Waals surface area contributed by atoms with E-state index in [1.165, 1.54) is 4.31 Å². The lowest BCUT2D eigenvalue weighted by Gasteiger charge is -2.29. The maximum Gasteiger partial charge on any atom is 0.335 e. The molecular formula is C13H18N2O4S. The fourth-order valence-corrected chi connectivity index (χ4v) is 3.75. The van der Waals surface area contributed by atoms with Crippen LogP contribution in [0, 0.1) is 0 Å². The van der Waals surface area contributed by atoms with E-state index in [1.54, 1.807) is 32.0 Å². The molecule has 0 amide bonds. The van der Waals surface area contributed by atoms with Crippen LogP contribution >= 0.6 is 0 Å². The third-order valence-electron chi connectivity index (χ3n) is 3.19. The first-order valence-electron chi connectivity index (χ1n) is 6.42. The number of nitrogens with one attached hydrogen (secondary N) is 1. The van der Waals surface area contributed by atoms with Crippen molar-refractivity contribution < 1.29 is 18.3 Å². The summed E-state index contributed by atoms with van der Waals surface area (Å²) in [4.78, 5) is 11.2. The van der Waals surface area contributed by atoms with E-state index < -0.39 is 16.2 Å². The van der Waals surface area contributed by atoms with Crippen LogP contribution in [0.5, 0.6) is 0 Å². The summed E-state index contributed by atoms with van der Waals surface area (Å²) in [6.07, 6.45) is 0.414. The molecule has 1 aromatic rings. The van der Waals surface area contributed by atoms with Gasteiger partial charge in [0.2, 0.25) is 0 Å². The third-order valence-corrected chi connectivity index (χ3v) is 4.95. The molecule has 1 aliphatic heterocycles. The molecule has 0 fully saturated rings. The van der Waals surface area contributed by atoms with Crippen molar-refractivity contribution in [3.05, 3.63) is 34.9 Å². The van der Waals surface area contributed by atoms with Gasteiger partial charge >= 0.3 is 5.97 Å². The van der Waals surface area contributed by atoms with Gasteiger partial charge in [0.15, 0.2) is 0 Å². The number of hydrogen-bond acceptors (Lipinski definition) is 3. The van der Waals surface area contributed by atoms with E-state index >= 15 is 0 Å². The lowest BCUT2D eigenvalue weighted by Crippen LogP contribution is -2.45. The molecule has 110 valence electrons. The molecule has 0 saturated heterocycles. The monoisotopic (exact) mass is 298 g/mol. The van der Waals surface area contributed by atoms with Crippen LogP contribution in [0.15, 0.2) is 18.2 Å². The molecule has 0 saturated carbocycles. The van der Waals surface area contributed by atoms with Crippen molar-refractivity contribution in [2.75, 3.05) is 6.54 Å². The van der Waals surface area contributed by atoms with E-state index in [2.05, 4.69) is 4.72 Å². The Bertz CT molecular complexity index is 625. The van der Waals surface area contributed by atoms with Gasteiger partial charge < -0.3 is 5.11 Å². The average molecular weight is 298 g/mol. The van der Waals surface area contributed by atoms with Gasteiger partial charge in [0.05, 0.1) is 5.56 Å². The van der Waals surface area contributed by atoms with Crippen LogP contribution in [0.4, 0.5) is 0 Å². The maximum atomic E-state index is 12.1. The largest absolute Gasteiger partial charge is 0.478 e. The minimum atomic E-state index is -3.52. The highest BCUT2D eigenvalue weighted by molar-refractivity contribution is 7.87. The Balaban J connectivity index is 2.29. The van der Waals surface area contributed by atoms with Crippen molar-refractivity contribution >= 4 is 16.2 Å². The van der Waals surface area contributed by atoms with Crippen LogP contribution in [0.2, 0.25) is 0 Å². The first-order valence-corrected chi connectivity index (χ1v) is 7.86. The zero-order valence-electron chi connectivity index (χ0n) is 11.5. The van der Waals surface area contributed by atoms with Gasteiger partial charge in [-0.05, 0) is 37.5 Å². The van der Waals surface area contributed by atoms with E-state index in [9.17, 15) is 13.2 Å². The van der Waals surface area contributed by atoms with Gasteiger partial charge in [-0.1, -0.05) is 12.1 Å². The van der Waals surface area contributed by atoms with Gasteiger partial charge in [-0.3, -0.25) is 0 Å². The Hall–Kier alpha value is -1.44. The molecule has 0 spiro atoms. The summed E-state index contributed by atoms with van der Waals surface area (Å²) in [5.74, 6) is -0.974. The molecule has 0 aliphatic carbocycles. The van der Waals surface area contributed by atoms with Gasteiger partial charge in [-0.15, -0.1) is 0 Å². The zero-order chi connectivity index (χ0) is 14.9. The molecule has 7 heteroatoms. The highest BCUT2D eigenvalue weighted by atomic mass is 32.2. The number of fused-ring (bicyclic) bond motifs is 1. The van der Waals surface area contributed by atoms with Gasteiger partial charge in [-0.2, -0.15) is 17.4 Å². The van der Waals surface area contributed by atoms with Crippen molar-refractivity contribution in [1.29, 1.82) is 0 Å². The highest BCUT2D eigenvalue weighted by Gasteiger charge is 2.28. The standard InChI is InChI=1S/C13H18N2O4S/c1-9(2)14-20(18,19)15-7-6-11-10(8-15)4-3-5-12(11)13(16)17/h3-5,9,14H,6-8H2,1-2H3,(H,16,17). The van der Waals surface area contributed by atoms with Crippen LogP contribution in [-0.2, 0) is 23.2 Å². The van der Waals surface area contributed by atoms with Crippen molar-refractivity contribution in [3.63, 3.8) is 0 Å². The average Bonchev–Trinajstić information content (AvgIpc) is 2.35. The van der Waals surface area contributed by atoms with E-state index in [4.69, 9.17) is 5.11 Å². The number of benzene rings is 1. The summed E-state index contributed by atoms with van der Waals surface area (Å²) in [5.41, 5.74) is 1.75. The van der Waals surface area contributed by atoms with Crippen LogP contribution in [0.1, 0.15) is 35.3 Å². The fourth-order valence-electron chi connectivity index (χ4n) is 2.36. The Morgan fingerprint density at radius 1 is 1.40 bits per heavy atom. The fraction of sp³-hybridized carbons (Fsp3) is 0.462. The molecule has 2 N–H and O–H groups in total. The molecule has 0 atom stereocenters. The number of nitrogens with zero attached hydrogens (tertiary/aromatic N) is 1. The first-order chi connectivity index (χ1) is 9.31. The second-order valence-corrected chi connectivity index (χ2v) is 6.81. The highest BCUT2D eigenvalue weighted by Crippen LogP contribution is 2.24. The van der Waals surface area contributed by atoms with Crippen molar-refractivity contribution in [1.82, 2.24) is 9.03 Å². The summed E-state index contributed by atoms with van der Waals surface area (Å²) < 4.78 is 28.1. The van der Waals surface area contributed by atoms with Crippen molar-refractivity contribution in [3.8, 4) is 0 Å². The maximum absolute atomic E-state index is 12.1. The number of carboxylic acid groups (broad SMARTS) is 1. The molecule has 6 nitrogen and oxygen atoms in total. The molecule has 0 bridgehead atoms. The second kappa shape index (κ2) is 5.51. The summed E-state index contributed by atoms with van der Waals surface area (Å²) in [7, 11) is -3.52. The Morgan fingerprint density at radius 3 is 2.70 bits per heavy atom. The van der Waals surface area contributed by atoms with Crippen molar-refractivity contribution in [2.24, 2.45) is 0 Å². The van der Waals surface area contributed by atoms with Gasteiger partial charge in [0.25, 0.3) is 10.2 Å². The Labute approximate surface area is 118 Å². The molecule has 0 unspecified atom stereocenters. The first kappa shape index (κ1) is 15.0. The third kappa shape index (κ3) is 3.00. The summed E-state index contributed by atoms with van der Waals surface area (Å²) >= 11 is 0. The molecule has 20 heavy (non-hydrogen) atoms. The molecule has 1 heterocycles. The normalized spacial score (nSPS) is 16.1. The summed E-state index contributed by atoms with van der Waals surface area (Å²) in [6, 6.07) is 4.80. The minimum Gasteiger partial charge on any atom is -0.478 e. The molecule has 1 aromatic carbocycles. The zero-order valence-corrected chi connectivity index (χ0v) is 12.3. The molecule has 2 rings (SSSR count). The van der Waals surface area contributed by atoms with Crippen LogP contribution in [0.3, 0.4) is 0 Å². The van der Waals surface area contributed by atoms with E-state index in [1.807, 2.05) is 0 Å². The summed E-state index contributed by atoms with van der Waals surface area (Å²) in [5, 5.41) is 9.14. The minimum absolute atomic E-state index is 0.174. The van der Waals surface area contributed by atoms with Crippen LogP contribution < -0.4 is 4.72 Å². The second-order valence-electron chi connectivity index (χ2n) is 5.11. The lowest BCUT2D eigenvalue weighted by molar-refractivity contribution is 0.0695. The van der Waals surface area contributed by atoms with E-state index in [-0.39, 0.29) is 18.2 Å². The Kier molecular flexibility index (Phi) is 4.12. The van der Waals surface area contributed by atoms with Gasteiger partial charge in [0.1, 0.15) is 0 Å². The van der Waals surface area contributed by atoms with E-state index in [0.29, 0.717) is 13.0 Å². The van der Waals surface area contributed by atoms with Crippen molar-refractivity contribution in [2.45, 2.75) is 32.9 Å². The topological polar surface area (TPSA) is 86.7 Å². The lowest BCUT2D eigenvalue weighted by atomic mass is 9.95. The van der Waals surface area contributed by atoms with Crippen LogP contribution in [0.25, 0.3) is 0 Å². The quantitative estimate of drug-likeness (QED) is 0.867. The van der Waals surface area contributed by atoms with Crippen LogP contribution in [-0.4, -0.2) is 36.4 Å². The number of hydrogen-bond donors (Lipinski definition) is 2.